The standard InChI is InChI=1S/C21H22Cl2N6O3/c1-2-18(25-21(31)32-11-9-14-6-3-4-10-24-14)19(30)13-29-20(26-27-28-29)12-15-16(22)7-5-8-17(15)23/h3-8,10,18H,2,9,11-13H2,1H3,(H,25,31). The Kier molecular flexibility index (Phi) is 8.52. The van der Waals surface area contributed by atoms with Crippen LogP contribution in [0.25, 0.3) is 0 Å². The lowest BCUT2D eigenvalue weighted by molar-refractivity contribution is -0.121. The number of rotatable bonds is 10. The number of nitrogens with one attached hydrogen (secondary N) is 1. The number of ketones is 1. The van der Waals surface area contributed by atoms with Gasteiger partial charge < -0.3 is 10.1 Å². The summed E-state index contributed by atoms with van der Waals surface area (Å²) in [7, 11) is 0. The molecule has 0 saturated carbocycles. The van der Waals surface area contributed by atoms with Crippen molar-refractivity contribution in [3.63, 3.8) is 0 Å². The number of tetrazole rings is 1. The number of ether oxygens (including phenoxy) is 1. The van der Waals surface area contributed by atoms with Crippen LogP contribution in [-0.2, 0) is 28.9 Å². The topological polar surface area (TPSA) is 112 Å². The van der Waals surface area contributed by atoms with Crippen LogP contribution in [0.5, 0.6) is 0 Å². The van der Waals surface area contributed by atoms with Crippen molar-refractivity contribution in [3.05, 3.63) is 69.7 Å². The molecule has 9 nitrogen and oxygen atoms in total. The molecule has 2 aromatic heterocycles. The van der Waals surface area contributed by atoms with Crippen molar-refractivity contribution in [1.82, 2.24) is 30.5 Å². The molecule has 2 heterocycles. The van der Waals surface area contributed by atoms with E-state index in [2.05, 4.69) is 25.8 Å². The lowest BCUT2D eigenvalue weighted by Crippen LogP contribution is -2.42. The number of pyridine rings is 1. The molecule has 3 rings (SSSR count). The molecule has 0 fully saturated rings. The monoisotopic (exact) mass is 476 g/mol. The minimum absolute atomic E-state index is 0.114. The largest absolute Gasteiger partial charge is 0.449 e. The average Bonchev–Trinajstić information content (AvgIpc) is 3.22. The molecular weight excluding hydrogens is 455 g/mol. The summed E-state index contributed by atoms with van der Waals surface area (Å²) in [6, 6.07) is 9.97. The molecule has 3 aromatic rings. The quantitative estimate of drug-likeness (QED) is 0.477. The maximum Gasteiger partial charge on any atom is 0.407 e. The maximum absolute atomic E-state index is 12.8. The van der Waals surface area contributed by atoms with Crippen molar-refractivity contribution in [2.45, 2.75) is 38.8 Å². The lowest BCUT2D eigenvalue weighted by atomic mass is 10.1. The van der Waals surface area contributed by atoms with Gasteiger partial charge in [-0.3, -0.25) is 9.78 Å². The SMILES string of the molecule is CCC(NC(=O)OCCc1ccccn1)C(=O)Cn1nnnc1Cc1c(Cl)cccc1Cl. The summed E-state index contributed by atoms with van der Waals surface area (Å²) < 4.78 is 6.55. The number of benzene rings is 1. The van der Waals surface area contributed by atoms with Crippen molar-refractivity contribution < 1.29 is 14.3 Å². The highest BCUT2D eigenvalue weighted by Crippen LogP contribution is 2.26. The van der Waals surface area contributed by atoms with Crippen molar-refractivity contribution in [3.8, 4) is 0 Å². The number of nitrogens with zero attached hydrogens (tertiary/aromatic N) is 5. The van der Waals surface area contributed by atoms with Gasteiger partial charge in [0.2, 0.25) is 0 Å². The molecule has 1 unspecified atom stereocenters. The molecule has 0 spiro atoms. The molecule has 1 atom stereocenters. The number of amides is 1. The third kappa shape index (κ3) is 6.48. The van der Waals surface area contributed by atoms with Crippen molar-refractivity contribution in [2.24, 2.45) is 0 Å². The maximum atomic E-state index is 12.8. The molecule has 1 aromatic carbocycles. The van der Waals surface area contributed by atoms with E-state index in [4.69, 9.17) is 27.9 Å². The van der Waals surface area contributed by atoms with Gasteiger partial charge in [-0.15, -0.1) is 5.10 Å². The number of Topliss-reactive ketones (excluding diaryl/α,β-unsaturated/α-hetero) is 1. The predicted molar refractivity (Wildman–Crippen MR) is 119 cm³/mol. The van der Waals surface area contributed by atoms with Crippen LogP contribution in [0.15, 0.2) is 42.6 Å². The van der Waals surface area contributed by atoms with E-state index in [0.717, 1.165) is 5.69 Å². The van der Waals surface area contributed by atoms with Crippen LogP contribution < -0.4 is 5.32 Å². The number of hydrogen-bond donors (Lipinski definition) is 1. The van der Waals surface area contributed by atoms with Crippen LogP contribution in [0.4, 0.5) is 4.79 Å². The Labute approximate surface area is 195 Å². The first-order chi connectivity index (χ1) is 15.5. The second-order valence-corrected chi connectivity index (χ2v) is 7.72. The molecular formula is C21H22Cl2N6O3. The normalized spacial score (nSPS) is 11.7. The van der Waals surface area contributed by atoms with Gasteiger partial charge in [0.1, 0.15) is 6.54 Å². The fourth-order valence-corrected chi connectivity index (χ4v) is 3.51. The van der Waals surface area contributed by atoms with Crippen LogP contribution in [0, 0.1) is 0 Å². The number of halogens is 2. The molecule has 32 heavy (non-hydrogen) atoms. The van der Waals surface area contributed by atoms with E-state index in [-0.39, 0.29) is 25.4 Å². The van der Waals surface area contributed by atoms with E-state index in [1.54, 1.807) is 31.3 Å². The van der Waals surface area contributed by atoms with Crippen molar-refractivity contribution in [2.75, 3.05) is 6.61 Å². The second kappa shape index (κ2) is 11.5. The Hall–Kier alpha value is -3.04. The zero-order valence-corrected chi connectivity index (χ0v) is 18.9. The smallest absolute Gasteiger partial charge is 0.407 e. The van der Waals surface area contributed by atoms with Gasteiger partial charge in [0.05, 0.1) is 12.6 Å². The van der Waals surface area contributed by atoms with E-state index >= 15 is 0 Å². The van der Waals surface area contributed by atoms with Gasteiger partial charge in [0.25, 0.3) is 0 Å². The first kappa shape index (κ1) is 23.6. The lowest BCUT2D eigenvalue weighted by Gasteiger charge is -2.16. The fraction of sp³-hybridized carbons (Fsp3) is 0.333. The van der Waals surface area contributed by atoms with Gasteiger partial charge in [-0.05, 0) is 46.7 Å². The van der Waals surface area contributed by atoms with Crippen LogP contribution in [-0.4, -0.2) is 49.7 Å². The number of carbonyl (C=O) groups excluding carboxylic acids is 2. The first-order valence-corrected chi connectivity index (χ1v) is 10.8. The molecule has 0 saturated heterocycles. The number of alkyl carbamates (subject to hydrolysis) is 1. The highest BCUT2D eigenvalue weighted by molar-refractivity contribution is 6.36. The predicted octanol–water partition coefficient (Wildman–Crippen LogP) is 3.28. The van der Waals surface area contributed by atoms with Gasteiger partial charge in [-0.25, -0.2) is 9.48 Å². The highest BCUT2D eigenvalue weighted by atomic mass is 35.5. The van der Waals surface area contributed by atoms with Gasteiger partial charge in [0, 0.05) is 34.8 Å². The van der Waals surface area contributed by atoms with E-state index in [1.165, 1.54) is 4.68 Å². The minimum atomic E-state index is -0.738. The minimum Gasteiger partial charge on any atom is -0.449 e. The Balaban J connectivity index is 1.55. The highest BCUT2D eigenvalue weighted by Gasteiger charge is 2.22. The van der Waals surface area contributed by atoms with Gasteiger partial charge >= 0.3 is 6.09 Å². The Morgan fingerprint density at radius 1 is 1.16 bits per heavy atom. The second-order valence-electron chi connectivity index (χ2n) is 6.91. The average molecular weight is 477 g/mol. The van der Waals surface area contributed by atoms with Crippen LogP contribution >= 0.6 is 23.2 Å². The fourth-order valence-electron chi connectivity index (χ4n) is 2.98. The number of hydrogen-bond acceptors (Lipinski definition) is 7. The van der Waals surface area contributed by atoms with Gasteiger partial charge in [0.15, 0.2) is 11.6 Å². The molecule has 0 aliphatic carbocycles. The molecule has 0 bridgehead atoms. The van der Waals surface area contributed by atoms with Crippen LogP contribution in [0.1, 0.15) is 30.4 Å². The first-order valence-electron chi connectivity index (χ1n) is 10.0. The zero-order chi connectivity index (χ0) is 22.9. The molecule has 1 N–H and O–H groups in total. The van der Waals surface area contributed by atoms with E-state index in [1.807, 2.05) is 18.2 Å². The molecule has 0 aliphatic heterocycles. The molecule has 0 aliphatic rings. The summed E-state index contributed by atoms with van der Waals surface area (Å²) in [4.78, 5) is 29.0. The molecule has 0 radical (unpaired) electrons. The third-order valence-corrected chi connectivity index (χ3v) is 5.42. The molecule has 168 valence electrons. The summed E-state index contributed by atoms with van der Waals surface area (Å²) in [6.45, 7) is 1.83. The third-order valence-electron chi connectivity index (χ3n) is 4.71. The summed E-state index contributed by atoms with van der Waals surface area (Å²) in [5, 5.41) is 15.1. The van der Waals surface area contributed by atoms with Crippen molar-refractivity contribution in [1.29, 1.82) is 0 Å². The van der Waals surface area contributed by atoms with Crippen molar-refractivity contribution >= 4 is 35.1 Å². The number of carbonyl (C=O) groups is 2. The zero-order valence-electron chi connectivity index (χ0n) is 17.4. The van der Waals surface area contributed by atoms with Gasteiger partial charge in [-0.2, -0.15) is 0 Å². The summed E-state index contributed by atoms with van der Waals surface area (Å²) in [5.41, 5.74) is 1.48. The van der Waals surface area contributed by atoms with Crippen LogP contribution in [0.2, 0.25) is 10.0 Å². The Morgan fingerprint density at radius 2 is 1.94 bits per heavy atom. The van der Waals surface area contributed by atoms with Gasteiger partial charge in [-0.1, -0.05) is 42.3 Å². The van der Waals surface area contributed by atoms with E-state index in [9.17, 15) is 9.59 Å². The summed E-state index contributed by atoms with van der Waals surface area (Å²) in [6.07, 6.45) is 2.15. The molecule has 1 amide bonds. The number of aromatic nitrogens is 5. The summed E-state index contributed by atoms with van der Waals surface area (Å²) >= 11 is 12.4. The molecule has 11 heteroatoms. The van der Waals surface area contributed by atoms with Crippen LogP contribution in [0.3, 0.4) is 0 Å². The summed E-state index contributed by atoms with van der Waals surface area (Å²) in [5.74, 6) is 0.175. The van der Waals surface area contributed by atoms with E-state index < -0.39 is 12.1 Å². The van der Waals surface area contributed by atoms with E-state index in [0.29, 0.717) is 34.3 Å². The Morgan fingerprint density at radius 3 is 2.62 bits per heavy atom. The Bertz CT molecular complexity index is 1040.